The third-order valence-electron chi connectivity index (χ3n) is 4.82. The van der Waals surface area contributed by atoms with Crippen LogP contribution in [0.5, 0.6) is 0 Å². The van der Waals surface area contributed by atoms with Gasteiger partial charge >= 0.3 is 0 Å². The highest BCUT2D eigenvalue weighted by atomic mass is 16.5. The third-order valence-corrected chi connectivity index (χ3v) is 4.82. The van der Waals surface area contributed by atoms with Crippen LogP contribution in [0.15, 0.2) is 24.3 Å². The highest BCUT2D eigenvalue weighted by Crippen LogP contribution is 2.33. The number of hydrogen-bond donors (Lipinski definition) is 1. The Labute approximate surface area is 122 Å². The van der Waals surface area contributed by atoms with E-state index in [1.54, 1.807) is 0 Å². The minimum absolute atomic E-state index is 0.149. The van der Waals surface area contributed by atoms with Crippen molar-refractivity contribution in [3.05, 3.63) is 29.8 Å². The number of hydrogen-bond acceptors (Lipinski definition) is 3. The summed E-state index contributed by atoms with van der Waals surface area (Å²) in [5.74, 6) is 0. The van der Waals surface area contributed by atoms with Gasteiger partial charge in [-0.1, -0.05) is 18.2 Å². The number of benzene rings is 1. The predicted octanol–water partition coefficient (Wildman–Crippen LogP) is 2.58. The van der Waals surface area contributed by atoms with Crippen LogP contribution in [0.4, 0.5) is 5.69 Å². The highest BCUT2D eigenvalue weighted by molar-refractivity contribution is 5.54. The molecule has 3 heteroatoms. The second kappa shape index (κ2) is 6.15. The number of anilines is 1. The van der Waals surface area contributed by atoms with E-state index in [1.165, 1.54) is 36.9 Å². The number of ether oxygens (including phenoxy) is 1. The Kier molecular flexibility index (Phi) is 4.27. The van der Waals surface area contributed by atoms with E-state index in [0.29, 0.717) is 0 Å². The van der Waals surface area contributed by atoms with Crippen LogP contribution in [0, 0.1) is 5.41 Å². The smallest absolute Gasteiger partial charge is 0.0551 e. The van der Waals surface area contributed by atoms with E-state index in [2.05, 4.69) is 29.2 Å². The zero-order chi connectivity index (χ0) is 13.8. The third kappa shape index (κ3) is 2.84. The maximum Gasteiger partial charge on any atom is 0.0551 e. The van der Waals surface area contributed by atoms with Crippen molar-refractivity contribution in [2.24, 2.45) is 11.1 Å². The fraction of sp³-hybridized carbons (Fsp3) is 0.647. The van der Waals surface area contributed by atoms with E-state index in [-0.39, 0.29) is 5.41 Å². The van der Waals surface area contributed by atoms with Gasteiger partial charge in [-0.2, -0.15) is 0 Å². The number of para-hydroxylation sites is 1. The Balaban J connectivity index is 1.82. The molecular formula is C17H26N2O. The molecule has 0 amide bonds. The van der Waals surface area contributed by atoms with Crippen LogP contribution >= 0.6 is 0 Å². The molecule has 2 heterocycles. The summed E-state index contributed by atoms with van der Waals surface area (Å²) in [4.78, 5) is 2.56. The first-order chi connectivity index (χ1) is 9.83. The molecule has 3 rings (SSSR count). The lowest BCUT2D eigenvalue weighted by Crippen LogP contribution is -2.48. The van der Waals surface area contributed by atoms with E-state index >= 15 is 0 Å². The molecule has 1 atom stereocenters. The monoisotopic (exact) mass is 274 g/mol. The molecule has 1 unspecified atom stereocenters. The molecule has 1 fully saturated rings. The molecule has 2 aliphatic rings. The fourth-order valence-electron chi connectivity index (χ4n) is 3.60. The van der Waals surface area contributed by atoms with Crippen LogP contribution in [0.25, 0.3) is 0 Å². The molecule has 110 valence electrons. The lowest BCUT2D eigenvalue weighted by atomic mass is 9.82. The minimum Gasteiger partial charge on any atom is -0.381 e. The normalized spacial score (nSPS) is 26.9. The van der Waals surface area contributed by atoms with Gasteiger partial charge < -0.3 is 15.4 Å². The largest absolute Gasteiger partial charge is 0.381 e. The van der Waals surface area contributed by atoms with Crippen molar-refractivity contribution in [2.75, 3.05) is 37.7 Å². The SMILES string of the molecule is NCC1(CN2CCCCc3ccccc32)CCCOC1. The molecule has 0 aliphatic carbocycles. The molecule has 20 heavy (non-hydrogen) atoms. The Morgan fingerprint density at radius 3 is 2.90 bits per heavy atom. The number of fused-ring (bicyclic) bond motifs is 1. The van der Waals surface area contributed by atoms with Gasteiger partial charge in [-0.15, -0.1) is 0 Å². The minimum atomic E-state index is 0.149. The van der Waals surface area contributed by atoms with Gasteiger partial charge in [0.05, 0.1) is 6.61 Å². The van der Waals surface area contributed by atoms with Crippen molar-refractivity contribution >= 4 is 5.69 Å². The Hall–Kier alpha value is -1.06. The molecule has 2 aliphatic heterocycles. The van der Waals surface area contributed by atoms with Crippen molar-refractivity contribution in [2.45, 2.75) is 32.1 Å². The summed E-state index contributed by atoms with van der Waals surface area (Å²) in [6.45, 7) is 4.64. The maximum absolute atomic E-state index is 6.11. The summed E-state index contributed by atoms with van der Waals surface area (Å²) >= 11 is 0. The van der Waals surface area contributed by atoms with Crippen LogP contribution in [0.1, 0.15) is 31.2 Å². The zero-order valence-corrected chi connectivity index (χ0v) is 12.3. The van der Waals surface area contributed by atoms with Gasteiger partial charge in [-0.3, -0.25) is 0 Å². The lowest BCUT2D eigenvalue weighted by Gasteiger charge is -2.41. The van der Waals surface area contributed by atoms with Crippen LogP contribution in [-0.2, 0) is 11.2 Å². The van der Waals surface area contributed by atoms with Crippen LogP contribution < -0.4 is 10.6 Å². The van der Waals surface area contributed by atoms with Crippen molar-refractivity contribution < 1.29 is 4.74 Å². The lowest BCUT2D eigenvalue weighted by molar-refractivity contribution is 0.00120. The maximum atomic E-state index is 6.11. The van der Waals surface area contributed by atoms with Gasteiger partial charge in [-0.05, 0) is 43.7 Å². The summed E-state index contributed by atoms with van der Waals surface area (Å²) in [5.41, 5.74) is 9.17. The van der Waals surface area contributed by atoms with E-state index in [0.717, 1.165) is 39.3 Å². The molecule has 1 aromatic carbocycles. The predicted molar refractivity (Wildman–Crippen MR) is 83.1 cm³/mol. The molecule has 1 aromatic rings. The second-order valence-corrected chi connectivity index (χ2v) is 6.37. The molecule has 0 radical (unpaired) electrons. The van der Waals surface area contributed by atoms with E-state index in [4.69, 9.17) is 10.5 Å². The van der Waals surface area contributed by atoms with Crippen molar-refractivity contribution in [1.29, 1.82) is 0 Å². The fourth-order valence-corrected chi connectivity index (χ4v) is 3.60. The summed E-state index contributed by atoms with van der Waals surface area (Å²) in [5, 5.41) is 0. The van der Waals surface area contributed by atoms with Gasteiger partial charge in [0.2, 0.25) is 0 Å². The topological polar surface area (TPSA) is 38.5 Å². The van der Waals surface area contributed by atoms with Gasteiger partial charge in [0.1, 0.15) is 0 Å². The van der Waals surface area contributed by atoms with Gasteiger partial charge in [0.25, 0.3) is 0 Å². The summed E-state index contributed by atoms with van der Waals surface area (Å²) < 4.78 is 5.73. The van der Waals surface area contributed by atoms with E-state index < -0.39 is 0 Å². The first kappa shape index (κ1) is 13.9. The molecule has 0 bridgehead atoms. The van der Waals surface area contributed by atoms with E-state index in [9.17, 15) is 0 Å². The molecule has 1 saturated heterocycles. The Bertz CT molecular complexity index is 440. The van der Waals surface area contributed by atoms with Gasteiger partial charge in [0, 0.05) is 37.3 Å². The van der Waals surface area contributed by atoms with Crippen molar-refractivity contribution in [3.8, 4) is 0 Å². The van der Waals surface area contributed by atoms with Crippen molar-refractivity contribution in [3.63, 3.8) is 0 Å². The first-order valence-corrected chi connectivity index (χ1v) is 7.94. The molecule has 0 aromatic heterocycles. The number of rotatable bonds is 3. The molecule has 3 nitrogen and oxygen atoms in total. The quantitative estimate of drug-likeness (QED) is 0.920. The summed E-state index contributed by atoms with van der Waals surface area (Å²) in [6, 6.07) is 8.86. The number of aryl methyl sites for hydroxylation is 1. The molecular weight excluding hydrogens is 248 g/mol. The van der Waals surface area contributed by atoms with Crippen LogP contribution in [0.3, 0.4) is 0 Å². The molecule has 0 spiro atoms. The van der Waals surface area contributed by atoms with Crippen molar-refractivity contribution in [1.82, 2.24) is 0 Å². The van der Waals surface area contributed by atoms with Gasteiger partial charge in [-0.25, -0.2) is 0 Å². The molecule has 0 saturated carbocycles. The second-order valence-electron chi connectivity index (χ2n) is 6.37. The van der Waals surface area contributed by atoms with Crippen LogP contribution in [-0.4, -0.2) is 32.8 Å². The summed E-state index contributed by atoms with van der Waals surface area (Å²) in [7, 11) is 0. The zero-order valence-electron chi connectivity index (χ0n) is 12.3. The van der Waals surface area contributed by atoms with E-state index in [1.807, 2.05) is 0 Å². The first-order valence-electron chi connectivity index (χ1n) is 7.94. The average Bonchev–Trinajstić information content (AvgIpc) is 2.71. The standard InChI is InChI=1S/C17H26N2O/c18-12-17(9-5-11-20-14-17)13-19-10-4-3-7-15-6-1-2-8-16(15)19/h1-2,6,8H,3-5,7,9-14,18H2. The number of nitrogens with two attached hydrogens (primary N) is 1. The average molecular weight is 274 g/mol. The van der Waals surface area contributed by atoms with Gasteiger partial charge in [0.15, 0.2) is 0 Å². The Morgan fingerprint density at radius 2 is 2.10 bits per heavy atom. The number of nitrogens with zero attached hydrogens (tertiary/aromatic N) is 1. The Morgan fingerprint density at radius 1 is 1.20 bits per heavy atom. The van der Waals surface area contributed by atoms with Crippen LogP contribution in [0.2, 0.25) is 0 Å². The highest BCUT2D eigenvalue weighted by Gasteiger charge is 2.34. The molecule has 2 N–H and O–H groups in total. The summed E-state index contributed by atoms with van der Waals surface area (Å²) in [6.07, 6.45) is 6.11.